The third-order valence-corrected chi connectivity index (χ3v) is 4.40. The van der Waals surface area contributed by atoms with Crippen molar-refractivity contribution in [3.05, 3.63) is 65.7 Å². The monoisotopic (exact) mass is 390 g/mol. The van der Waals surface area contributed by atoms with Gasteiger partial charge in [0.2, 0.25) is 5.91 Å². The minimum atomic E-state index is -0.761. The van der Waals surface area contributed by atoms with Crippen molar-refractivity contribution >= 4 is 18.3 Å². The third-order valence-electron chi connectivity index (χ3n) is 4.40. The van der Waals surface area contributed by atoms with Gasteiger partial charge in [-0.1, -0.05) is 42.5 Å². The molecule has 0 radical (unpaired) electrons. The summed E-state index contributed by atoms with van der Waals surface area (Å²) in [5.41, 5.74) is 1.81. The maximum Gasteiger partial charge on any atom is 0.234 e. The summed E-state index contributed by atoms with van der Waals surface area (Å²) in [5.74, 6) is 1.34. The number of rotatable bonds is 10. The number of hydrogen-bond donors (Lipinski definition) is 3. The molecule has 1 amide bonds. The number of carbonyl (C=O) groups excluding carboxylic acids is 1. The first-order chi connectivity index (χ1) is 12.7. The summed E-state index contributed by atoms with van der Waals surface area (Å²) in [7, 11) is 0. The van der Waals surface area contributed by atoms with Crippen molar-refractivity contribution in [2.75, 3.05) is 19.6 Å². The number of halogens is 1. The highest BCUT2D eigenvalue weighted by atomic mass is 35.5. The zero-order valence-electron chi connectivity index (χ0n) is 15.3. The summed E-state index contributed by atoms with van der Waals surface area (Å²) in [6.07, 6.45) is 1.76. The number of hydrogen-bond acceptors (Lipinski definition) is 4. The van der Waals surface area contributed by atoms with Gasteiger partial charge in [-0.05, 0) is 48.6 Å². The van der Waals surface area contributed by atoms with Crippen LogP contribution >= 0.6 is 12.4 Å². The molecule has 1 unspecified atom stereocenters. The van der Waals surface area contributed by atoms with Gasteiger partial charge in [0.15, 0.2) is 0 Å². The fourth-order valence-electron chi connectivity index (χ4n) is 2.66. The van der Waals surface area contributed by atoms with E-state index in [4.69, 9.17) is 4.74 Å². The van der Waals surface area contributed by atoms with Crippen molar-refractivity contribution in [3.8, 4) is 5.75 Å². The summed E-state index contributed by atoms with van der Waals surface area (Å²) in [5, 5.41) is 16.2. The van der Waals surface area contributed by atoms with Crippen LogP contribution in [-0.2, 0) is 11.4 Å². The number of nitrogens with one attached hydrogen (secondary N) is 2. The predicted octanol–water partition coefficient (Wildman–Crippen LogP) is 2.84. The zero-order valence-corrected chi connectivity index (χ0v) is 16.1. The Bertz CT molecular complexity index is 708. The van der Waals surface area contributed by atoms with Crippen LogP contribution in [0.5, 0.6) is 5.75 Å². The molecule has 3 N–H and O–H groups in total. The second-order valence-corrected chi connectivity index (χ2v) is 6.74. The van der Waals surface area contributed by atoms with Crippen molar-refractivity contribution < 1.29 is 14.6 Å². The van der Waals surface area contributed by atoms with Gasteiger partial charge >= 0.3 is 0 Å². The Morgan fingerprint density at radius 1 is 1.15 bits per heavy atom. The van der Waals surface area contributed by atoms with Crippen LogP contribution < -0.4 is 15.4 Å². The van der Waals surface area contributed by atoms with Gasteiger partial charge in [0.1, 0.15) is 12.4 Å². The fourth-order valence-corrected chi connectivity index (χ4v) is 2.66. The van der Waals surface area contributed by atoms with E-state index in [0.717, 1.165) is 23.6 Å². The van der Waals surface area contributed by atoms with E-state index in [9.17, 15) is 9.90 Å². The fraction of sp³-hybridized carbons (Fsp3) is 0.381. The molecule has 1 fully saturated rings. The first-order valence-electron chi connectivity index (χ1n) is 9.13. The van der Waals surface area contributed by atoms with E-state index in [-0.39, 0.29) is 24.9 Å². The van der Waals surface area contributed by atoms with E-state index in [1.807, 2.05) is 54.6 Å². The van der Waals surface area contributed by atoms with Crippen LogP contribution in [0.4, 0.5) is 0 Å². The number of carbonyl (C=O) groups is 1. The largest absolute Gasteiger partial charge is 0.489 e. The minimum Gasteiger partial charge on any atom is -0.489 e. The molecule has 6 heteroatoms. The maximum atomic E-state index is 11.8. The van der Waals surface area contributed by atoms with Crippen molar-refractivity contribution in [3.63, 3.8) is 0 Å². The molecule has 146 valence electrons. The third kappa shape index (κ3) is 7.59. The Kier molecular flexibility index (Phi) is 8.58. The first kappa shape index (κ1) is 21.2. The highest BCUT2D eigenvalue weighted by molar-refractivity contribution is 5.85. The lowest BCUT2D eigenvalue weighted by Gasteiger charge is -2.14. The molecule has 0 heterocycles. The smallest absolute Gasteiger partial charge is 0.234 e. The molecule has 0 aliphatic heterocycles. The summed E-state index contributed by atoms with van der Waals surface area (Å²) in [6.45, 7) is 1.86. The lowest BCUT2D eigenvalue weighted by Crippen LogP contribution is -2.36. The van der Waals surface area contributed by atoms with Crippen molar-refractivity contribution in [1.82, 2.24) is 10.6 Å². The number of benzene rings is 2. The summed E-state index contributed by atoms with van der Waals surface area (Å²) < 4.78 is 5.78. The number of amides is 1. The predicted molar refractivity (Wildman–Crippen MR) is 108 cm³/mol. The van der Waals surface area contributed by atoms with Gasteiger partial charge < -0.3 is 20.5 Å². The van der Waals surface area contributed by atoms with Gasteiger partial charge in [0, 0.05) is 6.54 Å². The van der Waals surface area contributed by atoms with Crippen LogP contribution in [0, 0.1) is 5.92 Å². The van der Waals surface area contributed by atoms with Crippen molar-refractivity contribution in [2.45, 2.75) is 25.6 Å². The van der Waals surface area contributed by atoms with Crippen LogP contribution in [0.2, 0.25) is 0 Å². The average Bonchev–Trinajstić information content (AvgIpc) is 3.50. The van der Waals surface area contributed by atoms with Crippen LogP contribution in [-0.4, -0.2) is 30.6 Å². The lowest BCUT2D eigenvalue weighted by atomic mass is 10.1. The van der Waals surface area contributed by atoms with E-state index in [2.05, 4.69) is 10.6 Å². The second-order valence-electron chi connectivity index (χ2n) is 6.74. The molecule has 2 aromatic carbocycles. The molecule has 3 rings (SSSR count). The van der Waals surface area contributed by atoms with Crippen LogP contribution in [0.1, 0.15) is 30.1 Å². The van der Waals surface area contributed by atoms with E-state index < -0.39 is 6.10 Å². The Morgan fingerprint density at radius 2 is 1.93 bits per heavy atom. The molecule has 1 aliphatic carbocycles. The molecule has 5 nitrogen and oxygen atoms in total. The second kappa shape index (κ2) is 10.9. The molecule has 1 aliphatic rings. The lowest BCUT2D eigenvalue weighted by molar-refractivity contribution is -0.120. The Hall–Kier alpha value is -2.08. The zero-order chi connectivity index (χ0) is 18.2. The van der Waals surface area contributed by atoms with Crippen LogP contribution in [0.25, 0.3) is 0 Å². The normalized spacial score (nSPS) is 14.1. The van der Waals surface area contributed by atoms with E-state index in [1.54, 1.807) is 0 Å². The molecule has 1 saturated carbocycles. The van der Waals surface area contributed by atoms with Gasteiger partial charge in [-0.3, -0.25) is 4.79 Å². The number of aliphatic hydroxyl groups excluding tert-OH is 1. The highest BCUT2D eigenvalue weighted by Crippen LogP contribution is 2.27. The number of aliphatic hydroxyl groups is 1. The molecule has 0 saturated heterocycles. The molecule has 0 aromatic heterocycles. The molecular weight excluding hydrogens is 364 g/mol. The maximum absolute atomic E-state index is 11.8. The molecular formula is C21H27ClN2O3. The van der Waals surface area contributed by atoms with Gasteiger partial charge in [0.25, 0.3) is 0 Å². The topological polar surface area (TPSA) is 70.6 Å². The number of ether oxygens (including phenoxy) is 1. The first-order valence-corrected chi connectivity index (χ1v) is 9.13. The molecule has 27 heavy (non-hydrogen) atoms. The quantitative estimate of drug-likeness (QED) is 0.583. The standard InChI is InChI=1S/C21H26N2O3.ClH/c24-20(13-23-21(25)14-22-12-16-9-10-16)18-7-4-8-19(11-18)26-15-17-5-2-1-3-6-17;/h1-8,11,16,20,22,24H,9-10,12-15H2,(H,23,25);1H. The molecule has 2 aromatic rings. The molecule has 0 spiro atoms. The van der Waals surface area contributed by atoms with Crippen LogP contribution in [0.3, 0.4) is 0 Å². The van der Waals surface area contributed by atoms with Gasteiger partial charge in [-0.2, -0.15) is 0 Å². The highest BCUT2D eigenvalue weighted by Gasteiger charge is 2.20. The summed E-state index contributed by atoms with van der Waals surface area (Å²) >= 11 is 0. The Morgan fingerprint density at radius 3 is 2.67 bits per heavy atom. The summed E-state index contributed by atoms with van der Waals surface area (Å²) in [4.78, 5) is 11.8. The van der Waals surface area contributed by atoms with E-state index >= 15 is 0 Å². The van der Waals surface area contributed by atoms with Gasteiger partial charge in [-0.25, -0.2) is 0 Å². The van der Waals surface area contributed by atoms with E-state index in [1.165, 1.54) is 12.8 Å². The Balaban J connectivity index is 0.00000261. The van der Waals surface area contributed by atoms with E-state index in [0.29, 0.717) is 18.9 Å². The van der Waals surface area contributed by atoms with Gasteiger partial charge in [-0.15, -0.1) is 12.4 Å². The summed E-state index contributed by atoms with van der Waals surface area (Å²) in [6, 6.07) is 17.3. The SMILES string of the molecule is Cl.O=C(CNCC1CC1)NCC(O)c1cccc(OCc2ccccc2)c1. The van der Waals surface area contributed by atoms with Crippen molar-refractivity contribution in [1.29, 1.82) is 0 Å². The van der Waals surface area contributed by atoms with Crippen LogP contribution in [0.15, 0.2) is 54.6 Å². The molecule has 0 bridgehead atoms. The molecule has 1 atom stereocenters. The average molecular weight is 391 g/mol. The van der Waals surface area contributed by atoms with Gasteiger partial charge in [0.05, 0.1) is 12.6 Å². The Labute approximate surface area is 166 Å². The van der Waals surface area contributed by atoms with Crippen molar-refractivity contribution in [2.24, 2.45) is 5.92 Å². The minimum absolute atomic E-state index is 0.